The van der Waals surface area contributed by atoms with Crippen LogP contribution in [0.4, 0.5) is 5.69 Å². The normalized spacial score (nSPS) is 10.3. The van der Waals surface area contributed by atoms with Gasteiger partial charge < -0.3 is 16.2 Å². The Morgan fingerprint density at radius 2 is 1.95 bits per heavy atom. The number of amides is 1. The quantitative estimate of drug-likeness (QED) is 0.810. The zero-order chi connectivity index (χ0) is 14.7. The van der Waals surface area contributed by atoms with E-state index >= 15 is 0 Å². The van der Waals surface area contributed by atoms with E-state index in [-0.39, 0.29) is 16.3 Å². The Hall–Kier alpha value is -1.91. The molecule has 104 valence electrons. The molecule has 0 saturated carbocycles. The second-order valence-electron chi connectivity index (χ2n) is 4.19. The second-order valence-corrected chi connectivity index (χ2v) is 5.03. The molecule has 2 rings (SSSR count). The summed E-state index contributed by atoms with van der Waals surface area (Å²) in [5, 5.41) is 13.6. The fraction of sp³-hybridized carbons (Fsp3) is 0.0714. The molecule has 1 amide bonds. The predicted molar refractivity (Wildman–Crippen MR) is 80.4 cm³/mol. The van der Waals surface area contributed by atoms with Crippen molar-refractivity contribution < 1.29 is 9.90 Å². The van der Waals surface area contributed by atoms with Gasteiger partial charge in [-0.25, -0.2) is 0 Å². The summed E-state index contributed by atoms with van der Waals surface area (Å²) in [6, 6.07) is 9.65. The van der Waals surface area contributed by atoms with Crippen molar-refractivity contribution in [1.29, 1.82) is 0 Å². The predicted octanol–water partition coefficient (Wildman–Crippen LogP) is 3.41. The maximum Gasteiger partial charge on any atom is 0.250 e. The lowest BCUT2D eigenvalue weighted by Gasteiger charge is -2.10. The number of aromatic hydroxyl groups is 1. The highest BCUT2D eigenvalue weighted by atomic mass is 35.5. The van der Waals surface area contributed by atoms with Gasteiger partial charge in [0.05, 0.1) is 10.6 Å². The molecule has 0 fully saturated rings. The molecule has 0 radical (unpaired) electrons. The zero-order valence-electron chi connectivity index (χ0n) is 10.4. The SMILES string of the molecule is NC(=O)c1ccc(NCc2cc(Cl)ccc2O)cc1Cl. The van der Waals surface area contributed by atoms with Crippen molar-refractivity contribution in [2.45, 2.75) is 6.54 Å². The Morgan fingerprint density at radius 1 is 1.20 bits per heavy atom. The monoisotopic (exact) mass is 310 g/mol. The van der Waals surface area contributed by atoms with E-state index in [1.165, 1.54) is 6.07 Å². The van der Waals surface area contributed by atoms with E-state index < -0.39 is 5.91 Å². The smallest absolute Gasteiger partial charge is 0.250 e. The topological polar surface area (TPSA) is 75.4 Å². The minimum absolute atomic E-state index is 0.154. The van der Waals surface area contributed by atoms with Crippen LogP contribution in [0, 0.1) is 0 Å². The number of phenols is 1. The van der Waals surface area contributed by atoms with Crippen molar-refractivity contribution in [2.24, 2.45) is 5.73 Å². The first-order chi connectivity index (χ1) is 9.47. The third-order valence-corrected chi connectivity index (χ3v) is 3.31. The van der Waals surface area contributed by atoms with E-state index in [0.717, 1.165) is 0 Å². The number of nitrogens with one attached hydrogen (secondary N) is 1. The highest BCUT2D eigenvalue weighted by molar-refractivity contribution is 6.34. The van der Waals surface area contributed by atoms with Crippen LogP contribution in [0.25, 0.3) is 0 Å². The molecule has 20 heavy (non-hydrogen) atoms. The summed E-state index contributed by atoms with van der Waals surface area (Å²) in [6.07, 6.45) is 0. The number of carbonyl (C=O) groups excluding carboxylic acids is 1. The van der Waals surface area contributed by atoms with E-state index in [1.807, 2.05) is 0 Å². The number of carbonyl (C=O) groups is 1. The first-order valence-corrected chi connectivity index (χ1v) is 6.53. The van der Waals surface area contributed by atoms with Crippen LogP contribution in [0.1, 0.15) is 15.9 Å². The summed E-state index contributed by atoms with van der Waals surface area (Å²) in [7, 11) is 0. The first-order valence-electron chi connectivity index (χ1n) is 5.78. The summed E-state index contributed by atoms with van der Waals surface area (Å²) in [6.45, 7) is 0.374. The lowest BCUT2D eigenvalue weighted by molar-refractivity contribution is 0.100. The van der Waals surface area contributed by atoms with Gasteiger partial charge in [0.15, 0.2) is 0 Å². The maximum atomic E-state index is 11.1. The van der Waals surface area contributed by atoms with Gasteiger partial charge in [-0.3, -0.25) is 4.79 Å². The average molecular weight is 311 g/mol. The van der Waals surface area contributed by atoms with Gasteiger partial charge in [-0.15, -0.1) is 0 Å². The Balaban J connectivity index is 2.13. The summed E-state index contributed by atoms with van der Waals surface area (Å²) < 4.78 is 0. The minimum Gasteiger partial charge on any atom is -0.508 e. The molecule has 0 saturated heterocycles. The lowest BCUT2D eigenvalue weighted by Crippen LogP contribution is -2.11. The standard InChI is InChI=1S/C14H12Cl2N2O2/c15-9-1-4-13(19)8(5-9)7-18-10-2-3-11(14(17)20)12(16)6-10/h1-6,18-19H,7H2,(H2,17,20). The van der Waals surface area contributed by atoms with E-state index in [1.54, 1.807) is 30.3 Å². The van der Waals surface area contributed by atoms with Crippen molar-refractivity contribution in [2.75, 3.05) is 5.32 Å². The molecule has 4 N–H and O–H groups in total. The van der Waals surface area contributed by atoms with Crippen molar-refractivity contribution in [3.63, 3.8) is 0 Å². The first kappa shape index (κ1) is 14.5. The Morgan fingerprint density at radius 3 is 2.60 bits per heavy atom. The molecule has 0 aromatic heterocycles. The largest absolute Gasteiger partial charge is 0.508 e. The molecule has 2 aromatic carbocycles. The number of halogens is 2. The number of phenolic OH excluding ortho intramolecular Hbond substituents is 1. The van der Waals surface area contributed by atoms with Crippen LogP contribution in [0.15, 0.2) is 36.4 Å². The van der Waals surface area contributed by atoms with Gasteiger partial charge in [0.1, 0.15) is 5.75 Å². The number of primary amides is 1. The fourth-order valence-corrected chi connectivity index (χ4v) is 2.19. The van der Waals surface area contributed by atoms with Gasteiger partial charge >= 0.3 is 0 Å². The lowest BCUT2D eigenvalue weighted by atomic mass is 10.1. The average Bonchev–Trinajstić information content (AvgIpc) is 2.39. The van der Waals surface area contributed by atoms with Crippen LogP contribution in [0.2, 0.25) is 10.0 Å². The molecular formula is C14H12Cl2N2O2. The van der Waals surface area contributed by atoms with Crippen LogP contribution >= 0.6 is 23.2 Å². The Bertz CT molecular complexity index is 660. The zero-order valence-corrected chi connectivity index (χ0v) is 11.9. The molecule has 0 bridgehead atoms. The molecular weight excluding hydrogens is 299 g/mol. The van der Waals surface area contributed by atoms with Gasteiger partial charge in [0.25, 0.3) is 0 Å². The summed E-state index contributed by atoms with van der Waals surface area (Å²) >= 11 is 11.8. The molecule has 4 nitrogen and oxygen atoms in total. The molecule has 0 aliphatic carbocycles. The van der Waals surface area contributed by atoms with Crippen molar-refractivity contribution in [3.05, 3.63) is 57.6 Å². The van der Waals surface area contributed by atoms with E-state index in [0.29, 0.717) is 22.8 Å². The van der Waals surface area contributed by atoms with Crippen LogP contribution in [-0.2, 0) is 6.54 Å². The number of anilines is 1. The van der Waals surface area contributed by atoms with Crippen LogP contribution in [-0.4, -0.2) is 11.0 Å². The molecule has 6 heteroatoms. The van der Waals surface area contributed by atoms with E-state index in [4.69, 9.17) is 28.9 Å². The molecule has 0 spiro atoms. The highest BCUT2D eigenvalue weighted by Crippen LogP contribution is 2.24. The minimum atomic E-state index is -0.575. The molecule has 0 unspecified atom stereocenters. The van der Waals surface area contributed by atoms with Crippen molar-refractivity contribution in [3.8, 4) is 5.75 Å². The molecule has 0 aliphatic rings. The molecule has 2 aromatic rings. The van der Waals surface area contributed by atoms with Crippen molar-refractivity contribution >= 4 is 34.8 Å². The van der Waals surface area contributed by atoms with Crippen LogP contribution in [0.5, 0.6) is 5.75 Å². The highest BCUT2D eigenvalue weighted by Gasteiger charge is 2.07. The molecule has 0 heterocycles. The van der Waals surface area contributed by atoms with Crippen molar-refractivity contribution in [1.82, 2.24) is 0 Å². The van der Waals surface area contributed by atoms with Gasteiger partial charge in [0.2, 0.25) is 5.91 Å². The summed E-state index contributed by atoms with van der Waals surface area (Å²) in [5.74, 6) is -0.421. The second kappa shape index (κ2) is 6.03. The summed E-state index contributed by atoms with van der Waals surface area (Å²) in [4.78, 5) is 11.1. The Kier molecular flexibility index (Phi) is 4.37. The fourth-order valence-electron chi connectivity index (χ4n) is 1.72. The molecule has 0 atom stereocenters. The number of hydrogen-bond donors (Lipinski definition) is 3. The van der Waals surface area contributed by atoms with Gasteiger partial charge in [-0.1, -0.05) is 23.2 Å². The number of nitrogens with two attached hydrogens (primary N) is 1. The van der Waals surface area contributed by atoms with Crippen LogP contribution in [0.3, 0.4) is 0 Å². The third kappa shape index (κ3) is 3.35. The molecule has 0 aliphatic heterocycles. The van der Waals surface area contributed by atoms with E-state index in [2.05, 4.69) is 5.32 Å². The number of hydrogen-bond acceptors (Lipinski definition) is 3. The van der Waals surface area contributed by atoms with Crippen LogP contribution < -0.4 is 11.1 Å². The van der Waals surface area contributed by atoms with Gasteiger partial charge in [-0.2, -0.15) is 0 Å². The Labute approximate surface area is 126 Å². The third-order valence-electron chi connectivity index (χ3n) is 2.76. The van der Waals surface area contributed by atoms with Gasteiger partial charge in [-0.05, 0) is 36.4 Å². The number of rotatable bonds is 4. The number of benzene rings is 2. The maximum absolute atomic E-state index is 11.1. The van der Waals surface area contributed by atoms with Gasteiger partial charge in [0, 0.05) is 22.8 Å². The van der Waals surface area contributed by atoms with E-state index in [9.17, 15) is 9.90 Å². The summed E-state index contributed by atoms with van der Waals surface area (Å²) in [5.41, 5.74) is 6.81.